The molecule has 0 spiro atoms. The fourth-order valence-electron chi connectivity index (χ4n) is 6.29. The number of primary amides is 1. The van der Waals surface area contributed by atoms with Gasteiger partial charge in [-0.05, 0) is 74.1 Å². The summed E-state index contributed by atoms with van der Waals surface area (Å²) >= 11 is 8.17. The number of benzene rings is 2. The fourth-order valence-corrected chi connectivity index (χ4v) is 7.38. The van der Waals surface area contributed by atoms with E-state index >= 15 is 0 Å². The molecule has 1 aliphatic heterocycles. The maximum atomic E-state index is 14.0. The van der Waals surface area contributed by atoms with Crippen LogP contribution in [0.4, 0.5) is 0 Å². The number of aromatic nitrogens is 1. The normalized spacial score (nSPS) is 17.0. The van der Waals surface area contributed by atoms with Crippen molar-refractivity contribution in [3.05, 3.63) is 69.8 Å². The summed E-state index contributed by atoms with van der Waals surface area (Å²) in [5.74, 6) is -0.769. The molecule has 11 nitrogen and oxygen atoms in total. The van der Waals surface area contributed by atoms with E-state index < -0.39 is 29.5 Å². The van der Waals surface area contributed by atoms with Crippen molar-refractivity contribution in [3.63, 3.8) is 0 Å². The van der Waals surface area contributed by atoms with Gasteiger partial charge in [0.05, 0.1) is 39.9 Å². The van der Waals surface area contributed by atoms with Gasteiger partial charge in [0, 0.05) is 25.8 Å². The van der Waals surface area contributed by atoms with Crippen LogP contribution in [0.15, 0.2) is 48.0 Å². The smallest absolute Gasteiger partial charge is 0.246 e. The molecule has 1 aliphatic rings. The van der Waals surface area contributed by atoms with E-state index in [-0.39, 0.29) is 43.1 Å². The van der Waals surface area contributed by atoms with E-state index in [1.165, 1.54) is 4.90 Å². The van der Waals surface area contributed by atoms with Gasteiger partial charge in [0.1, 0.15) is 17.8 Å². The standard InChI is InChI=1S/C39H52ClN5O6S/c1-24(26-16-18-28(19-17-26)35-25(2)42-23-52-35)43-37(49)30-21-29(46)22-45(30)38(50)36(39(3,4)5)44-33(48)15-7-6-11-27-12-10-13-31(34(27)40)51-20-9-8-14-32(41)47/h10,12-13,16-19,23-24,29-30,36,46H,6-9,11,14-15,20-22H2,1-5H3,(H2,41,47)(H,43,49)(H,44,48)/t24-,29+,30-,36+/m0/s1. The number of unbranched alkanes of at least 4 members (excludes halogenated alkanes) is 2. The number of carbonyl (C=O) groups excluding carboxylic acids is 4. The molecule has 4 amide bonds. The fraction of sp³-hybridized carbons (Fsp3) is 0.513. The Kier molecular flexibility index (Phi) is 14.6. The summed E-state index contributed by atoms with van der Waals surface area (Å²) in [5, 5.41) is 17.1. The molecule has 282 valence electrons. The van der Waals surface area contributed by atoms with E-state index in [1.807, 2.05) is 76.5 Å². The zero-order valence-electron chi connectivity index (χ0n) is 30.7. The number of ether oxygens (including phenoxy) is 1. The van der Waals surface area contributed by atoms with E-state index in [0.29, 0.717) is 55.9 Å². The first-order valence-electron chi connectivity index (χ1n) is 17.9. The first kappa shape index (κ1) is 40.8. The predicted molar refractivity (Wildman–Crippen MR) is 204 cm³/mol. The molecule has 0 aliphatic carbocycles. The van der Waals surface area contributed by atoms with Crippen LogP contribution in [0.3, 0.4) is 0 Å². The van der Waals surface area contributed by atoms with Crippen LogP contribution in [0.1, 0.15) is 95.5 Å². The third kappa shape index (κ3) is 11.2. The Morgan fingerprint density at radius 2 is 1.77 bits per heavy atom. The summed E-state index contributed by atoms with van der Waals surface area (Å²) in [6, 6.07) is 11.5. The monoisotopic (exact) mass is 753 g/mol. The Labute approximate surface area is 315 Å². The third-order valence-electron chi connectivity index (χ3n) is 9.28. The molecule has 0 radical (unpaired) electrons. The molecule has 4 atom stereocenters. The SMILES string of the molecule is Cc1ncsc1-c1ccc([C@H](C)NC(=O)[C@@H]2C[C@@H](O)CN2C(=O)[C@@H](NC(=O)CCCCc2cccc(OCCCCC(N)=O)c2Cl)C(C)(C)C)cc1. The second-order valence-electron chi connectivity index (χ2n) is 14.6. The minimum atomic E-state index is -0.896. The Bertz CT molecular complexity index is 1690. The highest BCUT2D eigenvalue weighted by molar-refractivity contribution is 7.13. The molecular weight excluding hydrogens is 702 g/mol. The number of amides is 4. The number of halogens is 1. The summed E-state index contributed by atoms with van der Waals surface area (Å²) < 4.78 is 5.80. The average Bonchev–Trinajstić information content (AvgIpc) is 3.71. The van der Waals surface area contributed by atoms with E-state index in [4.69, 9.17) is 22.1 Å². The van der Waals surface area contributed by atoms with Crippen LogP contribution in [0, 0.1) is 12.3 Å². The van der Waals surface area contributed by atoms with Crippen LogP contribution in [0.25, 0.3) is 10.4 Å². The number of aliphatic hydroxyl groups excluding tert-OH is 1. The summed E-state index contributed by atoms with van der Waals surface area (Å²) in [5.41, 5.74) is 10.2. The van der Waals surface area contributed by atoms with Crippen LogP contribution in [0.5, 0.6) is 5.75 Å². The van der Waals surface area contributed by atoms with Gasteiger partial charge in [-0.3, -0.25) is 19.2 Å². The molecule has 4 rings (SSSR count). The van der Waals surface area contributed by atoms with Crippen LogP contribution >= 0.6 is 22.9 Å². The summed E-state index contributed by atoms with van der Waals surface area (Å²) in [6.45, 7) is 9.89. The number of hydrogen-bond donors (Lipinski definition) is 4. The van der Waals surface area contributed by atoms with E-state index in [1.54, 1.807) is 17.4 Å². The van der Waals surface area contributed by atoms with Crippen molar-refractivity contribution in [3.8, 4) is 16.2 Å². The number of aryl methyl sites for hydroxylation is 2. The third-order valence-corrected chi connectivity index (χ3v) is 10.7. The number of nitrogens with one attached hydrogen (secondary N) is 2. The molecule has 0 bridgehead atoms. The first-order valence-corrected chi connectivity index (χ1v) is 19.2. The van der Waals surface area contributed by atoms with Crippen molar-refractivity contribution in [1.29, 1.82) is 0 Å². The molecule has 0 saturated carbocycles. The molecule has 52 heavy (non-hydrogen) atoms. The number of nitrogens with zero attached hydrogens (tertiary/aromatic N) is 2. The number of nitrogens with two attached hydrogens (primary N) is 1. The van der Waals surface area contributed by atoms with Crippen molar-refractivity contribution in [1.82, 2.24) is 20.5 Å². The molecule has 3 aromatic rings. The highest BCUT2D eigenvalue weighted by Crippen LogP contribution is 2.31. The summed E-state index contributed by atoms with van der Waals surface area (Å²) in [4.78, 5) is 58.5. The molecule has 1 saturated heterocycles. The van der Waals surface area contributed by atoms with Gasteiger partial charge < -0.3 is 31.1 Å². The lowest BCUT2D eigenvalue weighted by Crippen LogP contribution is -2.57. The van der Waals surface area contributed by atoms with Crippen molar-refractivity contribution >= 4 is 46.6 Å². The topological polar surface area (TPSA) is 164 Å². The molecular formula is C39H52ClN5O6S. The van der Waals surface area contributed by atoms with Gasteiger partial charge >= 0.3 is 0 Å². The first-order chi connectivity index (χ1) is 24.6. The number of hydrogen-bond acceptors (Lipinski definition) is 8. The van der Waals surface area contributed by atoms with Gasteiger partial charge in [-0.1, -0.05) is 68.8 Å². The maximum absolute atomic E-state index is 14.0. The Hall–Kier alpha value is -4.00. The molecule has 0 unspecified atom stereocenters. The number of aliphatic hydroxyl groups is 1. The highest BCUT2D eigenvalue weighted by atomic mass is 35.5. The molecule has 1 fully saturated rings. The quantitative estimate of drug-likeness (QED) is 0.125. The number of thiazole rings is 1. The van der Waals surface area contributed by atoms with Crippen LogP contribution in [0.2, 0.25) is 5.02 Å². The largest absolute Gasteiger partial charge is 0.492 e. The molecule has 13 heteroatoms. The highest BCUT2D eigenvalue weighted by Gasteiger charge is 2.44. The van der Waals surface area contributed by atoms with Gasteiger partial charge in [-0.15, -0.1) is 11.3 Å². The van der Waals surface area contributed by atoms with Gasteiger partial charge in [0.25, 0.3) is 0 Å². The minimum Gasteiger partial charge on any atom is -0.492 e. The Balaban J connectivity index is 1.30. The zero-order chi connectivity index (χ0) is 38.0. The van der Waals surface area contributed by atoms with E-state index in [0.717, 1.165) is 27.3 Å². The number of rotatable bonds is 17. The molecule has 2 heterocycles. The number of β-amino-alcohol motifs (C(OH)–C–C–N with tert-alkyl or cyclic N) is 1. The van der Waals surface area contributed by atoms with E-state index in [9.17, 15) is 24.3 Å². The molecule has 2 aromatic carbocycles. The summed E-state index contributed by atoms with van der Waals surface area (Å²) in [7, 11) is 0. The lowest BCUT2D eigenvalue weighted by molar-refractivity contribution is -0.144. The maximum Gasteiger partial charge on any atom is 0.246 e. The molecule has 5 N–H and O–H groups in total. The van der Waals surface area contributed by atoms with Gasteiger partial charge in [-0.2, -0.15) is 0 Å². The Morgan fingerprint density at radius 3 is 2.42 bits per heavy atom. The van der Waals surface area contributed by atoms with Crippen molar-refractivity contribution in [2.24, 2.45) is 11.1 Å². The van der Waals surface area contributed by atoms with Crippen molar-refractivity contribution < 1.29 is 29.0 Å². The zero-order valence-corrected chi connectivity index (χ0v) is 32.3. The summed E-state index contributed by atoms with van der Waals surface area (Å²) in [6.07, 6.45) is 3.02. The van der Waals surface area contributed by atoms with Gasteiger partial charge in [0.2, 0.25) is 23.6 Å². The van der Waals surface area contributed by atoms with Crippen LogP contribution in [-0.4, -0.2) is 70.0 Å². The second kappa shape index (κ2) is 18.7. The van der Waals surface area contributed by atoms with Gasteiger partial charge in [-0.25, -0.2) is 4.98 Å². The van der Waals surface area contributed by atoms with Gasteiger partial charge in [0.15, 0.2) is 0 Å². The lowest BCUT2D eigenvalue weighted by Gasteiger charge is -2.35. The Morgan fingerprint density at radius 1 is 1.06 bits per heavy atom. The van der Waals surface area contributed by atoms with Crippen LogP contribution < -0.4 is 21.1 Å². The number of likely N-dealkylation sites (tertiary alicyclic amines) is 1. The minimum absolute atomic E-state index is 0.00750. The number of carbonyl (C=O) groups is 4. The predicted octanol–water partition coefficient (Wildman–Crippen LogP) is 5.89. The van der Waals surface area contributed by atoms with Crippen LogP contribution in [-0.2, 0) is 25.6 Å². The molecule has 1 aromatic heterocycles. The van der Waals surface area contributed by atoms with Crippen molar-refractivity contribution in [2.75, 3.05) is 13.2 Å². The second-order valence-corrected chi connectivity index (χ2v) is 15.8. The van der Waals surface area contributed by atoms with E-state index in [2.05, 4.69) is 15.6 Å². The lowest BCUT2D eigenvalue weighted by atomic mass is 9.85. The average molecular weight is 754 g/mol. The van der Waals surface area contributed by atoms with Crippen molar-refractivity contribution in [2.45, 2.75) is 110 Å².